The monoisotopic (exact) mass is 289 g/mol. The molecule has 0 amide bonds. The van der Waals surface area contributed by atoms with Crippen LogP contribution in [0.4, 0.5) is 0 Å². The molecule has 0 saturated carbocycles. The minimum absolute atomic E-state index is 0.422. The van der Waals surface area contributed by atoms with Crippen molar-refractivity contribution in [3.05, 3.63) is 60.2 Å². The molecule has 0 aliphatic heterocycles. The summed E-state index contributed by atoms with van der Waals surface area (Å²) < 4.78 is 34.2. The van der Waals surface area contributed by atoms with Crippen LogP contribution in [0.15, 0.2) is 54.6 Å². The highest BCUT2D eigenvalue weighted by atomic mass is 32.2. The Bertz CT molecular complexity index is 843. The molecule has 0 radical (unpaired) electrons. The number of rotatable bonds is 3. The molecule has 7 heteroatoms. The van der Waals surface area contributed by atoms with Gasteiger partial charge in [0.1, 0.15) is 5.52 Å². The summed E-state index contributed by atoms with van der Waals surface area (Å²) in [5.41, 5.74) is 1.53. The van der Waals surface area contributed by atoms with Crippen LogP contribution in [-0.2, 0) is 10.1 Å². The Morgan fingerprint density at radius 3 is 2.35 bits per heavy atom. The summed E-state index contributed by atoms with van der Waals surface area (Å²) in [5.74, 6) is 0. The second-order valence-electron chi connectivity index (χ2n) is 4.30. The lowest BCUT2D eigenvalue weighted by atomic mass is 10.2. The second kappa shape index (κ2) is 4.69. The largest absolute Gasteiger partial charge is 0.292 e. The number of para-hydroxylation sites is 1. The van der Waals surface area contributed by atoms with E-state index >= 15 is 0 Å². The Balaban J connectivity index is 2.26. The first-order valence-electron chi connectivity index (χ1n) is 5.88. The summed E-state index contributed by atoms with van der Waals surface area (Å²) >= 11 is 0. The van der Waals surface area contributed by atoms with Gasteiger partial charge in [-0.15, -0.1) is 5.10 Å². The summed E-state index contributed by atoms with van der Waals surface area (Å²) in [7, 11) is -4.37. The standard InChI is InChI=1S/C13H11N3O3S/c17-20(18,19)13(10-6-2-1-3-7-10)16-12-9-5-4-8-11(12)14-15-16/h1-9,13H,(H,17,18,19). The normalized spacial score (nSPS) is 13.4. The topological polar surface area (TPSA) is 85.1 Å². The molecule has 1 unspecified atom stereocenters. The molecule has 20 heavy (non-hydrogen) atoms. The Kier molecular flexibility index (Phi) is 3.00. The lowest BCUT2D eigenvalue weighted by Crippen LogP contribution is -2.21. The highest BCUT2D eigenvalue weighted by molar-refractivity contribution is 7.86. The quantitative estimate of drug-likeness (QED) is 0.744. The fraction of sp³-hybridized carbons (Fsp3) is 0.0769. The van der Waals surface area contributed by atoms with Gasteiger partial charge in [-0.3, -0.25) is 4.55 Å². The van der Waals surface area contributed by atoms with Gasteiger partial charge in [-0.25, -0.2) is 4.68 Å². The second-order valence-corrected chi connectivity index (χ2v) is 5.78. The molecule has 1 atom stereocenters. The van der Waals surface area contributed by atoms with E-state index in [9.17, 15) is 13.0 Å². The predicted octanol–water partition coefficient (Wildman–Crippen LogP) is 1.87. The van der Waals surface area contributed by atoms with Crippen molar-refractivity contribution in [2.24, 2.45) is 0 Å². The van der Waals surface area contributed by atoms with E-state index in [0.717, 1.165) is 0 Å². The highest BCUT2D eigenvalue weighted by Gasteiger charge is 2.29. The van der Waals surface area contributed by atoms with E-state index in [1.54, 1.807) is 54.6 Å². The van der Waals surface area contributed by atoms with Crippen molar-refractivity contribution in [3.8, 4) is 0 Å². The molecule has 0 aliphatic carbocycles. The van der Waals surface area contributed by atoms with Crippen molar-refractivity contribution in [1.29, 1.82) is 0 Å². The third-order valence-electron chi connectivity index (χ3n) is 2.97. The average Bonchev–Trinajstić information content (AvgIpc) is 2.83. The fourth-order valence-electron chi connectivity index (χ4n) is 2.12. The van der Waals surface area contributed by atoms with E-state index < -0.39 is 15.5 Å². The molecular weight excluding hydrogens is 278 g/mol. The van der Waals surface area contributed by atoms with Crippen LogP contribution in [0.3, 0.4) is 0 Å². The molecule has 102 valence electrons. The van der Waals surface area contributed by atoms with E-state index in [1.165, 1.54) is 4.68 Å². The van der Waals surface area contributed by atoms with E-state index in [0.29, 0.717) is 16.6 Å². The van der Waals surface area contributed by atoms with Crippen LogP contribution < -0.4 is 0 Å². The van der Waals surface area contributed by atoms with E-state index in [1.807, 2.05) is 0 Å². The Labute approximate surface area is 115 Å². The number of aromatic nitrogens is 3. The lowest BCUT2D eigenvalue weighted by Gasteiger charge is -2.15. The number of fused-ring (bicyclic) bond motifs is 1. The maximum atomic E-state index is 11.7. The molecular formula is C13H11N3O3S. The fourth-order valence-corrected chi connectivity index (χ4v) is 3.03. The molecule has 0 bridgehead atoms. The maximum Gasteiger partial charge on any atom is 0.292 e. The van der Waals surface area contributed by atoms with Crippen LogP contribution >= 0.6 is 0 Å². The summed E-state index contributed by atoms with van der Waals surface area (Å²) in [6, 6.07) is 15.4. The van der Waals surface area contributed by atoms with Gasteiger partial charge in [0, 0.05) is 0 Å². The molecule has 6 nitrogen and oxygen atoms in total. The lowest BCUT2D eigenvalue weighted by molar-refractivity contribution is 0.450. The first kappa shape index (κ1) is 12.8. The zero-order valence-electron chi connectivity index (χ0n) is 10.3. The van der Waals surface area contributed by atoms with Gasteiger partial charge in [0.25, 0.3) is 10.1 Å². The third-order valence-corrected chi connectivity index (χ3v) is 4.00. The minimum atomic E-state index is -4.37. The molecule has 3 rings (SSSR count). The van der Waals surface area contributed by atoms with Gasteiger partial charge in [-0.1, -0.05) is 47.7 Å². The molecule has 0 fully saturated rings. The molecule has 2 aromatic carbocycles. The Morgan fingerprint density at radius 2 is 1.65 bits per heavy atom. The van der Waals surface area contributed by atoms with Crippen molar-refractivity contribution in [3.63, 3.8) is 0 Å². The zero-order chi connectivity index (χ0) is 14.2. The van der Waals surface area contributed by atoms with Crippen molar-refractivity contribution >= 4 is 21.2 Å². The number of nitrogens with zero attached hydrogens (tertiary/aromatic N) is 3. The number of hydrogen-bond acceptors (Lipinski definition) is 4. The minimum Gasteiger partial charge on any atom is -0.284 e. The smallest absolute Gasteiger partial charge is 0.284 e. The molecule has 1 heterocycles. The van der Waals surface area contributed by atoms with Gasteiger partial charge in [0.15, 0.2) is 0 Å². The van der Waals surface area contributed by atoms with Gasteiger partial charge >= 0.3 is 0 Å². The van der Waals surface area contributed by atoms with Gasteiger partial charge in [-0.05, 0) is 17.7 Å². The maximum absolute atomic E-state index is 11.7. The van der Waals surface area contributed by atoms with Crippen LogP contribution in [0.5, 0.6) is 0 Å². The van der Waals surface area contributed by atoms with E-state index in [-0.39, 0.29) is 0 Å². The van der Waals surface area contributed by atoms with Gasteiger partial charge in [-0.2, -0.15) is 8.42 Å². The van der Waals surface area contributed by atoms with Gasteiger partial charge in [0.2, 0.25) is 5.37 Å². The molecule has 0 saturated heterocycles. The number of hydrogen-bond donors (Lipinski definition) is 1. The molecule has 3 aromatic rings. The van der Waals surface area contributed by atoms with Gasteiger partial charge in [0.05, 0.1) is 5.52 Å². The molecule has 1 N–H and O–H groups in total. The average molecular weight is 289 g/mol. The van der Waals surface area contributed by atoms with Crippen LogP contribution in [-0.4, -0.2) is 28.0 Å². The van der Waals surface area contributed by atoms with Crippen LogP contribution in [0.25, 0.3) is 11.0 Å². The highest BCUT2D eigenvalue weighted by Crippen LogP contribution is 2.26. The summed E-state index contributed by atoms with van der Waals surface area (Å²) in [6.45, 7) is 0. The first-order chi connectivity index (χ1) is 9.57. The van der Waals surface area contributed by atoms with E-state index in [4.69, 9.17) is 0 Å². The molecule has 0 aliphatic rings. The number of benzene rings is 2. The molecule has 0 spiro atoms. The van der Waals surface area contributed by atoms with E-state index in [2.05, 4.69) is 10.3 Å². The SMILES string of the molecule is O=S(=O)(O)C(c1ccccc1)n1nnc2ccccc21. The predicted molar refractivity (Wildman–Crippen MR) is 73.7 cm³/mol. The first-order valence-corrected chi connectivity index (χ1v) is 7.39. The zero-order valence-corrected chi connectivity index (χ0v) is 11.1. The van der Waals surface area contributed by atoms with Crippen molar-refractivity contribution in [2.75, 3.05) is 0 Å². The summed E-state index contributed by atoms with van der Waals surface area (Å²) in [5, 5.41) is 6.47. The Morgan fingerprint density at radius 1 is 1.00 bits per heavy atom. The summed E-state index contributed by atoms with van der Waals surface area (Å²) in [6.07, 6.45) is 0. The van der Waals surface area contributed by atoms with Gasteiger partial charge < -0.3 is 0 Å². The third kappa shape index (κ3) is 2.17. The van der Waals surface area contributed by atoms with Crippen LogP contribution in [0, 0.1) is 0 Å². The van der Waals surface area contributed by atoms with Crippen molar-refractivity contribution in [2.45, 2.75) is 5.37 Å². The Hall–Kier alpha value is -2.25. The van der Waals surface area contributed by atoms with Crippen LogP contribution in [0.1, 0.15) is 10.9 Å². The van der Waals surface area contributed by atoms with Crippen molar-refractivity contribution < 1.29 is 13.0 Å². The molecule has 1 aromatic heterocycles. The van der Waals surface area contributed by atoms with Crippen LogP contribution in [0.2, 0.25) is 0 Å². The summed E-state index contributed by atoms with van der Waals surface area (Å²) in [4.78, 5) is 0. The van der Waals surface area contributed by atoms with Crippen molar-refractivity contribution in [1.82, 2.24) is 15.0 Å².